The topological polar surface area (TPSA) is 51.2 Å². The van der Waals surface area contributed by atoms with Crippen LogP contribution in [0.3, 0.4) is 0 Å². The lowest BCUT2D eigenvalue weighted by molar-refractivity contribution is -0.120. The van der Waals surface area contributed by atoms with Crippen LogP contribution < -0.4 is 0 Å². The fraction of sp³-hybridized carbons (Fsp3) is 0.457. The Hall–Kier alpha value is -3.85. The third kappa shape index (κ3) is 9.04. The van der Waals surface area contributed by atoms with Crippen LogP contribution in [-0.2, 0) is 39.1 Å². The number of ketones is 3. The minimum atomic E-state index is 0.106. The summed E-state index contributed by atoms with van der Waals surface area (Å²) in [6.45, 7) is 20.2. The molecule has 0 bridgehead atoms. The molecule has 49 heavy (non-hydrogen) atoms. The van der Waals surface area contributed by atoms with Gasteiger partial charge >= 0.3 is 0 Å². The van der Waals surface area contributed by atoms with E-state index in [1.807, 2.05) is 20.8 Å². The van der Waals surface area contributed by atoms with E-state index in [-0.39, 0.29) is 17.1 Å². The molecule has 3 heteroatoms. The molecule has 7 rings (SSSR count). The van der Waals surface area contributed by atoms with Crippen LogP contribution in [0.15, 0.2) is 78.4 Å². The molecule has 0 aliphatic heterocycles. The first-order valence-corrected chi connectivity index (χ1v) is 18.5. The van der Waals surface area contributed by atoms with Gasteiger partial charge in [-0.2, -0.15) is 0 Å². The number of allylic oxidation sites excluding steroid dienone is 3. The molecule has 0 radical (unpaired) electrons. The van der Waals surface area contributed by atoms with Crippen LogP contribution in [0.25, 0.3) is 0 Å². The molecule has 260 valence electrons. The van der Waals surface area contributed by atoms with Crippen molar-refractivity contribution in [1.29, 1.82) is 0 Å². The van der Waals surface area contributed by atoms with Crippen molar-refractivity contribution < 1.29 is 14.4 Å². The Bertz CT molecular complexity index is 1740. The number of rotatable bonds is 2. The van der Waals surface area contributed by atoms with Crippen LogP contribution in [0.2, 0.25) is 0 Å². The smallest absolute Gasteiger partial charge is 0.158 e. The van der Waals surface area contributed by atoms with E-state index in [0.717, 1.165) is 43.6 Å². The summed E-state index contributed by atoms with van der Waals surface area (Å²) in [6, 6.07) is 20.1. The van der Waals surface area contributed by atoms with Crippen LogP contribution in [0.5, 0.6) is 0 Å². The Morgan fingerprint density at radius 2 is 1.35 bits per heavy atom. The molecule has 0 N–H and O–H groups in total. The lowest BCUT2D eigenvalue weighted by atomic mass is 9.61. The normalized spacial score (nSPS) is 21.9. The summed E-state index contributed by atoms with van der Waals surface area (Å²) in [6.07, 6.45) is 11.4. The Balaban J connectivity index is 0.000000156. The molecule has 0 fully saturated rings. The van der Waals surface area contributed by atoms with E-state index in [1.165, 1.54) is 69.9 Å². The van der Waals surface area contributed by atoms with Crippen LogP contribution in [0.1, 0.15) is 141 Å². The Morgan fingerprint density at radius 3 is 1.96 bits per heavy atom. The molecule has 4 aliphatic rings. The van der Waals surface area contributed by atoms with Crippen molar-refractivity contribution in [3.63, 3.8) is 0 Å². The van der Waals surface area contributed by atoms with Gasteiger partial charge in [0.2, 0.25) is 0 Å². The molecule has 0 saturated heterocycles. The molecule has 4 aliphatic carbocycles. The minimum Gasteiger partial charge on any atom is -0.299 e. The van der Waals surface area contributed by atoms with Gasteiger partial charge in [-0.25, -0.2) is 0 Å². The van der Waals surface area contributed by atoms with Gasteiger partial charge in [0.05, 0.1) is 0 Å². The molecule has 3 atom stereocenters. The quantitative estimate of drug-likeness (QED) is 0.258. The van der Waals surface area contributed by atoms with E-state index in [9.17, 15) is 14.4 Å². The van der Waals surface area contributed by atoms with Gasteiger partial charge in [-0.05, 0) is 124 Å². The number of Topliss-reactive ketones (excluding diaryl/α,β-unsaturated/α-hetero) is 2. The van der Waals surface area contributed by atoms with Crippen LogP contribution in [-0.4, -0.2) is 17.3 Å². The predicted molar refractivity (Wildman–Crippen MR) is 205 cm³/mol. The van der Waals surface area contributed by atoms with Crippen LogP contribution >= 0.6 is 0 Å². The molecule has 0 saturated carbocycles. The second-order valence-electron chi connectivity index (χ2n) is 14.9. The maximum absolute atomic E-state index is 11.9. The molecule has 3 unspecified atom stereocenters. The first-order chi connectivity index (χ1) is 23.3. The van der Waals surface area contributed by atoms with Gasteiger partial charge in [-0.1, -0.05) is 111 Å². The maximum atomic E-state index is 11.9. The molecule has 3 nitrogen and oxygen atoms in total. The summed E-state index contributed by atoms with van der Waals surface area (Å²) in [7, 11) is 0. The summed E-state index contributed by atoms with van der Waals surface area (Å²) >= 11 is 0. The molecule has 0 aromatic heterocycles. The molecule has 3 aromatic carbocycles. The number of hydrogen-bond acceptors (Lipinski definition) is 3. The molecular formula is C46H58O3. The zero-order chi connectivity index (χ0) is 35.9. The molecule has 0 amide bonds. The van der Waals surface area contributed by atoms with Gasteiger partial charge in [-0.3, -0.25) is 14.4 Å². The number of benzene rings is 3. The average molecular weight is 659 g/mol. The number of aryl methyl sites for hydroxylation is 6. The van der Waals surface area contributed by atoms with E-state index < -0.39 is 0 Å². The fourth-order valence-electron chi connectivity index (χ4n) is 8.12. The lowest BCUT2D eigenvalue weighted by Crippen LogP contribution is -2.36. The third-order valence-electron chi connectivity index (χ3n) is 11.3. The zero-order valence-electron chi connectivity index (χ0n) is 31.4. The number of fused-ring (bicyclic) bond motifs is 5. The summed E-state index contributed by atoms with van der Waals surface area (Å²) in [5, 5.41) is 0. The summed E-state index contributed by atoms with van der Waals surface area (Å²) in [5.74, 6) is 1.75. The average Bonchev–Trinajstić information content (AvgIpc) is 3.08. The van der Waals surface area contributed by atoms with E-state index >= 15 is 0 Å². The molecule has 0 heterocycles. The second-order valence-corrected chi connectivity index (χ2v) is 14.9. The van der Waals surface area contributed by atoms with Crippen molar-refractivity contribution in [1.82, 2.24) is 0 Å². The zero-order valence-corrected chi connectivity index (χ0v) is 31.4. The number of carbonyl (C=O) groups excluding carboxylic acids is 3. The van der Waals surface area contributed by atoms with E-state index in [4.69, 9.17) is 0 Å². The van der Waals surface area contributed by atoms with Gasteiger partial charge in [0, 0.05) is 30.6 Å². The number of carbonyl (C=O) groups is 3. The highest BCUT2D eigenvalue weighted by Gasteiger charge is 2.40. The lowest BCUT2D eigenvalue weighted by Gasteiger charge is -2.42. The fourth-order valence-corrected chi connectivity index (χ4v) is 8.12. The highest BCUT2D eigenvalue weighted by atomic mass is 16.1. The highest BCUT2D eigenvalue weighted by Crippen LogP contribution is 2.48. The van der Waals surface area contributed by atoms with Crippen molar-refractivity contribution >= 4 is 17.3 Å². The number of hydrogen-bond donors (Lipinski definition) is 0. The minimum absolute atomic E-state index is 0.106. The van der Waals surface area contributed by atoms with Crippen LogP contribution in [0.4, 0.5) is 0 Å². The van der Waals surface area contributed by atoms with Gasteiger partial charge < -0.3 is 0 Å². The highest BCUT2D eigenvalue weighted by molar-refractivity contribution is 5.97. The van der Waals surface area contributed by atoms with E-state index in [0.29, 0.717) is 24.4 Å². The Labute approximate surface area is 296 Å². The van der Waals surface area contributed by atoms with Gasteiger partial charge in [0.1, 0.15) is 5.78 Å². The van der Waals surface area contributed by atoms with Crippen molar-refractivity contribution in [2.24, 2.45) is 0 Å². The molecule has 0 spiro atoms. The van der Waals surface area contributed by atoms with E-state index in [1.54, 1.807) is 11.1 Å². The second kappa shape index (κ2) is 16.7. The van der Waals surface area contributed by atoms with Crippen LogP contribution in [0, 0.1) is 20.8 Å². The van der Waals surface area contributed by atoms with Gasteiger partial charge in [0.15, 0.2) is 11.6 Å². The predicted octanol–water partition coefficient (Wildman–Crippen LogP) is 11.1. The standard InChI is InChI=1S/C17H20O.C12H14O.C12H16.C5H8O/c1-11-4-6-15-13(10-11)5-7-14-12(2)16(18)8-9-17(14,15)3;1-8-3-5-11-9(2)12(13)6-4-10(11)7-8;1-9-6-7-12-10(2)4-3-5-11(12)8-9;1-3-5(6)4-2/h4,6,10H,5,7-9H2,1-3H3;3,5,7,9H,4,6H2,1-2H3;6-8,10H,3-5H2,1-2H3;3H,1,4H2,2H3. The van der Waals surface area contributed by atoms with Crippen molar-refractivity contribution in [3.05, 3.63) is 128 Å². The van der Waals surface area contributed by atoms with Crippen molar-refractivity contribution in [2.75, 3.05) is 0 Å². The SMILES string of the molecule is C=CC(=O)CC.CC1=C2CCc3cc(C)ccc3C2(C)CCC1=O.Cc1ccc2c(c1)CCC(=O)C2C.Cc1ccc2c(c1)CCCC2C. The first kappa shape index (κ1) is 38.0. The maximum Gasteiger partial charge on any atom is 0.158 e. The Kier molecular flexibility index (Phi) is 12.9. The van der Waals surface area contributed by atoms with Gasteiger partial charge in [-0.15, -0.1) is 0 Å². The summed E-state index contributed by atoms with van der Waals surface area (Å²) in [4.78, 5) is 33.4. The summed E-state index contributed by atoms with van der Waals surface area (Å²) in [5.41, 5.74) is 15.3. The first-order valence-electron chi connectivity index (χ1n) is 18.5. The molecular weight excluding hydrogens is 601 g/mol. The third-order valence-corrected chi connectivity index (χ3v) is 11.3. The van der Waals surface area contributed by atoms with Crippen molar-refractivity contribution in [3.8, 4) is 0 Å². The van der Waals surface area contributed by atoms with Gasteiger partial charge in [0.25, 0.3) is 0 Å². The summed E-state index contributed by atoms with van der Waals surface area (Å²) < 4.78 is 0. The van der Waals surface area contributed by atoms with Crippen molar-refractivity contribution in [2.45, 2.75) is 137 Å². The van der Waals surface area contributed by atoms with E-state index in [2.05, 4.69) is 95.8 Å². The molecule has 3 aromatic rings. The monoisotopic (exact) mass is 658 g/mol. The largest absolute Gasteiger partial charge is 0.299 e. The Morgan fingerprint density at radius 1 is 0.776 bits per heavy atom.